The second kappa shape index (κ2) is 5.06. The average Bonchev–Trinajstić information content (AvgIpc) is 2.32. The molecular weight excluding hydrogens is 228 g/mol. The molecule has 98 valence electrons. The van der Waals surface area contributed by atoms with Crippen LogP contribution in [0.25, 0.3) is 0 Å². The minimum Gasteiger partial charge on any atom is -0.481 e. The summed E-state index contributed by atoms with van der Waals surface area (Å²) in [6.45, 7) is 5.82. The molecule has 2 heterocycles. The van der Waals surface area contributed by atoms with Gasteiger partial charge in [0.25, 0.3) is 0 Å². The fourth-order valence-corrected chi connectivity index (χ4v) is 2.77. The monoisotopic (exact) mass is 248 g/mol. The van der Waals surface area contributed by atoms with Crippen LogP contribution in [0.4, 0.5) is 0 Å². The van der Waals surface area contributed by atoms with E-state index in [0.29, 0.717) is 0 Å². The number of likely N-dealkylation sites (tertiary alicyclic amines) is 1. The van der Waals surface area contributed by atoms with E-state index in [9.17, 15) is 9.90 Å². The van der Waals surface area contributed by atoms with E-state index in [4.69, 9.17) is 0 Å². The van der Waals surface area contributed by atoms with Gasteiger partial charge in [0.15, 0.2) is 0 Å². The molecule has 2 rings (SSSR count). The van der Waals surface area contributed by atoms with Gasteiger partial charge in [0, 0.05) is 24.5 Å². The number of hydrogen-bond donors (Lipinski definition) is 1. The number of piperidine rings is 1. The van der Waals surface area contributed by atoms with Crippen molar-refractivity contribution < 1.29 is 9.90 Å². The van der Waals surface area contributed by atoms with Crippen LogP contribution in [0, 0.1) is 5.92 Å². The highest BCUT2D eigenvalue weighted by molar-refractivity contribution is 5.71. The molecule has 1 saturated heterocycles. The minimum atomic E-state index is -0.681. The number of nitrogens with zero attached hydrogens (tertiary/aromatic N) is 2. The van der Waals surface area contributed by atoms with Crippen molar-refractivity contribution in [2.24, 2.45) is 5.92 Å². The Balaban J connectivity index is 2.15. The van der Waals surface area contributed by atoms with Crippen LogP contribution in [0.3, 0.4) is 0 Å². The summed E-state index contributed by atoms with van der Waals surface area (Å²) in [4.78, 5) is 17.6. The SMILES string of the molecule is CC1(C)C(C(=O)O)CCCN1Cc1ccncc1. The Labute approximate surface area is 108 Å². The summed E-state index contributed by atoms with van der Waals surface area (Å²) in [6, 6.07) is 3.97. The Bertz CT molecular complexity index is 417. The Morgan fingerprint density at radius 2 is 2.17 bits per heavy atom. The first-order valence-electron chi connectivity index (χ1n) is 6.38. The first-order valence-corrected chi connectivity index (χ1v) is 6.38. The molecule has 4 heteroatoms. The summed E-state index contributed by atoms with van der Waals surface area (Å²) in [6.07, 6.45) is 5.28. The van der Waals surface area contributed by atoms with Crippen LogP contribution in [-0.2, 0) is 11.3 Å². The van der Waals surface area contributed by atoms with Crippen molar-refractivity contribution in [3.8, 4) is 0 Å². The van der Waals surface area contributed by atoms with Crippen molar-refractivity contribution in [1.82, 2.24) is 9.88 Å². The van der Waals surface area contributed by atoms with Gasteiger partial charge in [-0.1, -0.05) is 0 Å². The third-order valence-corrected chi connectivity index (χ3v) is 4.01. The summed E-state index contributed by atoms with van der Waals surface area (Å²) < 4.78 is 0. The van der Waals surface area contributed by atoms with E-state index in [0.717, 1.165) is 25.9 Å². The lowest BCUT2D eigenvalue weighted by atomic mass is 9.79. The molecule has 18 heavy (non-hydrogen) atoms. The number of carbonyl (C=O) groups is 1. The van der Waals surface area contributed by atoms with E-state index in [1.165, 1.54) is 5.56 Å². The van der Waals surface area contributed by atoms with Gasteiger partial charge in [0.1, 0.15) is 0 Å². The van der Waals surface area contributed by atoms with E-state index in [-0.39, 0.29) is 11.5 Å². The van der Waals surface area contributed by atoms with Crippen molar-refractivity contribution >= 4 is 5.97 Å². The minimum absolute atomic E-state index is 0.284. The van der Waals surface area contributed by atoms with E-state index in [1.54, 1.807) is 12.4 Å². The maximum atomic E-state index is 11.3. The van der Waals surface area contributed by atoms with Gasteiger partial charge in [-0.05, 0) is 50.9 Å². The summed E-state index contributed by atoms with van der Waals surface area (Å²) in [7, 11) is 0. The van der Waals surface area contributed by atoms with Gasteiger partial charge >= 0.3 is 5.97 Å². The summed E-state index contributed by atoms with van der Waals surface area (Å²) in [5, 5.41) is 9.32. The van der Waals surface area contributed by atoms with Gasteiger partial charge in [-0.2, -0.15) is 0 Å². The lowest BCUT2D eigenvalue weighted by Crippen LogP contribution is -2.55. The van der Waals surface area contributed by atoms with Crippen LogP contribution in [0.2, 0.25) is 0 Å². The molecule has 0 amide bonds. The summed E-state index contributed by atoms with van der Waals surface area (Å²) >= 11 is 0. The molecule has 1 aliphatic heterocycles. The third kappa shape index (κ3) is 2.53. The zero-order valence-corrected chi connectivity index (χ0v) is 11.0. The molecule has 0 aromatic carbocycles. The van der Waals surface area contributed by atoms with Crippen LogP contribution in [0.5, 0.6) is 0 Å². The first-order chi connectivity index (χ1) is 8.51. The Kier molecular flexibility index (Phi) is 3.66. The number of carboxylic acids is 1. The molecule has 1 atom stereocenters. The molecule has 4 nitrogen and oxygen atoms in total. The number of rotatable bonds is 3. The van der Waals surface area contributed by atoms with Gasteiger partial charge < -0.3 is 5.11 Å². The van der Waals surface area contributed by atoms with E-state index in [2.05, 4.69) is 9.88 Å². The van der Waals surface area contributed by atoms with E-state index < -0.39 is 5.97 Å². The van der Waals surface area contributed by atoms with Gasteiger partial charge in [-0.25, -0.2) is 0 Å². The van der Waals surface area contributed by atoms with Crippen LogP contribution in [0.1, 0.15) is 32.3 Å². The predicted molar refractivity (Wildman–Crippen MR) is 69.1 cm³/mol. The Morgan fingerprint density at radius 1 is 1.50 bits per heavy atom. The molecular formula is C14H20N2O2. The quantitative estimate of drug-likeness (QED) is 0.890. The molecule has 0 spiro atoms. The number of carboxylic acid groups (broad SMARTS) is 1. The molecule has 0 bridgehead atoms. The maximum absolute atomic E-state index is 11.3. The highest BCUT2D eigenvalue weighted by Crippen LogP contribution is 2.34. The van der Waals surface area contributed by atoms with Crippen LogP contribution in [0.15, 0.2) is 24.5 Å². The molecule has 1 aliphatic rings. The highest BCUT2D eigenvalue weighted by atomic mass is 16.4. The zero-order valence-electron chi connectivity index (χ0n) is 11.0. The molecule has 0 aliphatic carbocycles. The van der Waals surface area contributed by atoms with Gasteiger partial charge in [-0.15, -0.1) is 0 Å². The van der Waals surface area contributed by atoms with Crippen molar-refractivity contribution in [1.29, 1.82) is 0 Å². The molecule has 1 unspecified atom stereocenters. The van der Waals surface area contributed by atoms with Gasteiger partial charge in [0.2, 0.25) is 0 Å². The number of pyridine rings is 1. The van der Waals surface area contributed by atoms with Gasteiger partial charge in [-0.3, -0.25) is 14.7 Å². The second-order valence-electron chi connectivity index (χ2n) is 5.46. The van der Waals surface area contributed by atoms with E-state index in [1.807, 2.05) is 26.0 Å². The normalized spacial score (nSPS) is 23.8. The molecule has 1 aromatic heterocycles. The van der Waals surface area contributed by atoms with Crippen molar-refractivity contribution in [3.05, 3.63) is 30.1 Å². The molecule has 1 aromatic rings. The van der Waals surface area contributed by atoms with Crippen LogP contribution < -0.4 is 0 Å². The lowest BCUT2D eigenvalue weighted by molar-refractivity contribution is -0.150. The standard InChI is InChI=1S/C14H20N2O2/c1-14(2)12(13(17)18)4-3-9-16(14)10-11-5-7-15-8-6-11/h5-8,12H,3-4,9-10H2,1-2H3,(H,17,18). The third-order valence-electron chi connectivity index (χ3n) is 4.01. The molecule has 0 saturated carbocycles. The van der Waals surface area contributed by atoms with Crippen molar-refractivity contribution in [2.75, 3.05) is 6.54 Å². The fourth-order valence-electron chi connectivity index (χ4n) is 2.77. The fraction of sp³-hybridized carbons (Fsp3) is 0.571. The molecule has 1 N–H and O–H groups in total. The smallest absolute Gasteiger partial charge is 0.308 e. The number of hydrogen-bond acceptors (Lipinski definition) is 3. The topological polar surface area (TPSA) is 53.4 Å². The Hall–Kier alpha value is -1.42. The maximum Gasteiger partial charge on any atom is 0.308 e. The Morgan fingerprint density at radius 3 is 2.78 bits per heavy atom. The number of aromatic nitrogens is 1. The number of aliphatic carboxylic acids is 1. The zero-order chi connectivity index (χ0) is 13.2. The average molecular weight is 248 g/mol. The second-order valence-corrected chi connectivity index (χ2v) is 5.46. The van der Waals surface area contributed by atoms with Crippen LogP contribution >= 0.6 is 0 Å². The summed E-state index contributed by atoms with van der Waals surface area (Å²) in [5.74, 6) is -0.965. The van der Waals surface area contributed by atoms with Gasteiger partial charge in [0.05, 0.1) is 5.92 Å². The largest absolute Gasteiger partial charge is 0.481 e. The van der Waals surface area contributed by atoms with E-state index >= 15 is 0 Å². The van der Waals surface area contributed by atoms with Crippen molar-refractivity contribution in [2.45, 2.75) is 38.8 Å². The predicted octanol–water partition coefficient (Wildman–Crippen LogP) is 2.16. The molecule has 1 fully saturated rings. The highest BCUT2D eigenvalue weighted by Gasteiger charge is 2.42. The first kappa shape index (κ1) is 13.0. The summed E-state index contributed by atoms with van der Waals surface area (Å²) in [5.41, 5.74) is 0.886. The lowest BCUT2D eigenvalue weighted by Gasteiger charge is -2.46. The molecule has 0 radical (unpaired) electrons. The van der Waals surface area contributed by atoms with Crippen molar-refractivity contribution in [3.63, 3.8) is 0 Å². The van der Waals surface area contributed by atoms with Crippen LogP contribution in [-0.4, -0.2) is 33.0 Å².